The third-order valence-corrected chi connectivity index (χ3v) is 6.83. The van der Waals surface area contributed by atoms with Crippen LogP contribution in [-0.4, -0.2) is 44.4 Å². The standard InChI is InChI=1S/C28H29N3O3/c1-18-21-13-14-31(28-22-7-5-6-8-25(22)29-17-30-28)16-24(19-9-11-20(32-2)12-10-19)23(21)15-26(33-3)27(18)34-4/h5-12,15,17,24H,13-14,16H2,1-4H3. The van der Waals surface area contributed by atoms with E-state index in [0.29, 0.717) is 0 Å². The van der Waals surface area contributed by atoms with E-state index >= 15 is 0 Å². The van der Waals surface area contributed by atoms with Crippen molar-refractivity contribution in [2.45, 2.75) is 19.3 Å². The number of benzene rings is 3. The molecule has 34 heavy (non-hydrogen) atoms. The highest BCUT2D eigenvalue weighted by molar-refractivity contribution is 5.89. The molecule has 0 saturated carbocycles. The first-order valence-corrected chi connectivity index (χ1v) is 11.5. The second kappa shape index (κ2) is 9.21. The summed E-state index contributed by atoms with van der Waals surface area (Å²) in [6.07, 6.45) is 2.54. The fraction of sp³-hybridized carbons (Fsp3) is 0.286. The summed E-state index contributed by atoms with van der Waals surface area (Å²) in [7, 11) is 5.09. The van der Waals surface area contributed by atoms with Gasteiger partial charge >= 0.3 is 0 Å². The number of anilines is 1. The molecule has 4 aromatic rings. The molecule has 3 aromatic carbocycles. The van der Waals surface area contributed by atoms with E-state index in [1.54, 1.807) is 27.7 Å². The molecule has 174 valence electrons. The van der Waals surface area contributed by atoms with Crippen LogP contribution in [0.5, 0.6) is 17.2 Å². The zero-order valence-electron chi connectivity index (χ0n) is 20.0. The highest BCUT2D eigenvalue weighted by atomic mass is 16.5. The van der Waals surface area contributed by atoms with Gasteiger partial charge in [0.1, 0.15) is 17.9 Å². The topological polar surface area (TPSA) is 56.7 Å². The van der Waals surface area contributed by atoms with Gasteiger partial charge in [-0.1, -0.05) is 24.3 Å². The average molecular weight is 456 g/mol. The van der Waals surface area contributed by atoms with Gasteiger partial charge in [-0.2, -0.15) is 0 Å². The van der Waals surface area contributed by atoms with Gasteiger partial charge in [0.2, 0.25) is 0 Å². The van der Waals surface area contributed by atoms with Gasteiger partial charge < -0.3 is 19.1 Å². The van der Waals surface area contributed by atoms with E-state index in [1.165, 1.54) is 16.7 Å². The quantitative estimate of drug-likeness (QED) is 0.414. The fourth-order valence-corrected chi connectivity index (χ4v) is 5.09. The third-order valence-electron chi connectivity index (χ3n) is 6.83. The summed E-state index contributed by atoms with van der Waals surface area (Å²) in [5.74, 6) is 3.50. The Hall–Kier alpha value is -3.80. The first-order chi connectivity index (χ1) is 16.6. The minimum Gasteiger partial charge on any atom is -0.497 e. The molecule has 1 atom stereocenters. The van der Waals surface area contributed by atoms with E-state index in [9.17, 15) is 0 Å². The van der Waals surface area contributed by atoms with Crippen LogP contribution in [0.2, 0.25) is 0 Å². The second-order valence-electron chi connectivity index (χ2n) is 8.54. The van der Waals surface area contributed by atoms with Gasteiger partial charge in [-0.3, -0.25) is 0 Å². The lowest BCUT2D eigenvalue weighted by Gasteiger charge is -2.27. The third kappa shape index (κ3) is 3.79. The van der Waals surface area contributed by atoms with Crippen LogP contribution in [0.1, 0.15) is 28.2 Å². The predicted octanol–water partition coefficient (Wildman–Crippen LogP) is 5.16. The van der Waals surface area contributed by atoms with Gasteiger partial charge in [0.25, 0.3) is 0 Å². The molecule has 6 heteroatoms. The van der Waals surface area contributed by atoms with Crippen molar-refractivity contribution in [3.8, 4) is 17.2 Å². The van der Waals surface area contributed by atoms with Crippen molar-refractivity contribution >= 4 is 16.7 Å². The van der Waals surface area contributed by atoms with Crippen LogP contribution in [0.15, 0.2) is 60.9 Å². The molecule has 1 aromatic heterocycles. The van der Waals surface area contributed by atoms with Crippen LogP contribution < -0.4 is 19.1 Å². The summed E-state index contributed by atoms with van der Waals surface area (Å²) in [6.45, 7) is 3.76. The molecule has 2 heterocycles. The highest BCUT2D eigenvalue weighted by Gasteiger charge is 2.29. The Balaban J connectivity index is 1.67. The van der Waals surface area contributed by atoms with Crippen LogP contribution in [0, 0.1) is 6.92 Å². The van der Waals surface area contributed by atoms with E-state index in [4.69, 9.17) is 19.2 Å². The van der Waals surface area contributed by atoms with Gasteiger partial charge in [0, 0.05) is 24.4 Å². The summed E-state index contributed by atoms with van der Waals surface area (Å²) in [5, 5.41) is 1.07. The second-order valence-corrected chi connectivity index (χ2v) is 8.54. The monoisotopic (exact) mass is 455 g/mol. The van der Waals surface area contributed by atoms with Gasteiger partial charge in [-0.15, -0.1) is 0 Å². The van der Waals surface area contributed by atoms with Gasteiger partial charge in [0.05, 0.1) is 26.8 Å². The predicted molar refractivity (Wildman–Crippen MR) is 135 cm³/mol. The lowest BCUT2D eigenvalue weighted by molar-refractivity contribution is 0.352. The number of ether oxygens (including phenoxy) is 3. The van der Waals surface area contributed by atoms with Crippen LogP contribution in [-0.2, 0) is 6.42 Å². The number of para-hydroxylation sites is 1. The summed E-state index contributed by atoms with van der Waals surface area (Å²) >= 11 is 0. The van der Waals surface area contributed by atoms with E-state index in [-0.39, 0.29) is 5.92 Å². The van der Waals surface area contributed by atoms with Crippen LogP contribution in [0.25, 0.3) is 10.9 Å². The Morgan fingerprint density at radius 2 is 1.71 bits per heavy atom. The molecular formula is C28H29N3O3. The largest absolute Gasteiger partial charge is 0.497 e. The van der Waals surface area contributed by atoms with E-state index in [1.807, 2.05) is 30.3 Å². The van der Waals surface area contributed by atoms with Gasteiger partial charge in [-0.25, -0.2) is 9.97 Å². The molecule has 0 amide bonds. The molecule has 5 rings (SSSR count). The lowest BCUT2D eigenvalue weighted by atomic mass is 9.85. The van der Waals surface area contributed by atoms with Crippen molar-refractivity contribution in [1.82, 2.24) is 9.97 Å². The molecule has 1 unspecified atom stereocenters. The minimum absolute atomic E-state index is 0.121. The van der Waals surface area contributed by atoms with Gasteiger partial charge in [-0.05, 0) is 65.9 Å². The minimum atomic E-state index is 0.121. The Morgan fingerprint density at radius 3 is 2.44 bits per heavy atom. The summed E-state index contributed by atoms with van der Waals surface area (Å²) in [5.41, 5.74) is 5.87. The Kier molecular flexibility index (Phi) is 5.97. The number of rotatable bonds is 5. The fourth-order valence-electron chi connectivity index (χ4n) is 5.09. The smallest absolute Gasteiger partial charge is 0.163 e. The number of aromatic nitrogens is 2. The Morgan fingerprint density at radius 1 is 0.912 bits per heavy atom. The zero-order valence-corrected chi connectivity index (χ0v) is 20.0. The molecule has 0 fully saturated rings. The summed E-state index contributed by atoms with van der Waals surface area (Å²) < 4.78 is 16.9. The highest BCUT2D eigenvalue weighted by Crippen LogP contribution is 2.42. The molecule has 1 aliphatic rings. The molecule has 0 saturated heterocycles. The zero-order chi connectivity index (χ0) is 23.7. The molecule has 0 spiro atoms. The number of hydrogen-bond donors (Lipinski definition) is 0. The maximum Gasteiger partial charge on any atom is 0.163 e. The molecule has 0 aliphatic carbocycles. The van der Waals surface area contributed by atoms with Crippen LogP contribution >= 0.6 is 0 Å². The SMILES string of the molecule is COc1ccc(C2CN(c3ncnc4ccccc34)CCc3c2cc(OC)c(OC)c3C)cc1. The Bertz CT molecular complexity index is 1320. The van der Waals surface area contributed by atoms with Crippen molar-refractivity contribution in [2.24, 2.45) is 0 Å². The first kappa shape index (κ1) is 22.0. The van der Waals surface area contributed by atoms with Crippen molar-refractivity contribution in [3.05, 3.63) is 83.2 Å². The molecule has 0 bridgehead atoms. The molecule has 6 nitrogen and oxygen atoms in total. The average Bonchev–Trinajstić information content (AvgIpc) is 3.08. The van der Waals surface area contributed by atoms with Gasteiger partial charge in [0.15, 0.2) is 11.5 Å². The first-order valence-electron chi connectivity index (χ1n) is 11.5. The molecule has 0 N–H and O–H groups in total. The van der Waals surface area contributed by atoms with Crippen LogP contribution in [0.3, 0.4) is 0 Å². The molecule has 0 radical (unpaired) electrons. The van der Waals surface area contributed by atoms with Crippen molar-refractivity contribution in [1.29, 1.82) is 0 Å². The molecular weight excluding hydrogens is 426 g/mol. The number of hydrogen-bond acceptors (Lipinski definition) is 6. The maximum atomic E-state index is 5.74. The van der Waals surface area contributed by atoms with Crippen molar-refractivity contribution in [3.63, 3.8) is 0 Å². The Labute approximate surface area is 200 Å². The van der Waals surface area contributed by atoms with Crippen molar-refractivity contribution < 1.29 is 14.2 Å². The van der Waals surface area contributed by atoms with E-state index < -0.39 is 0 Å². The summed E-state index contributed by atoms with van der Waals surface area (Å²) in [6, 6.07) is 18.7. The number of methoxy groups -OCH3 is 3. The lowest BCUT2D eigenvalue weighted by Crippen LogP contribution is -2.29. The van der Waals surface area contributed by atoms with Crippen molar-refractivity contribution in [2.75, 3.05) is 39.3 Å². The molecule has 1 aliphatic heterocycles. The number of nitrogens with zero attached hydrogens (tertiary/aromatic N) is 3. The van der Waals surface area contributed by atoms with E-state index in [2.05, 4.69) is 41.1 Å². The van der Waals surface area contributed by atoms with E-state index in [0.717, 1.165) is 59.0 Å². The maximum absolute atomic E-state index is 5.74. The van der Waals surface area contributed by atoms with Crippen LogP contribution in [0.4, 0.5) is 5.82 Å². The normalized spacial score (nSPS) is 15.5. The number of fused-ring (bicyclic) bond motifs is 2. The summed E-state index contributed by atoms with van der Waals surface area (Å²) in [4.78, 5) is 11.6.